The summed E-state index contributed by atoms with van der Waals surface area (Å²) >= 11 is 0. The summed E-state index contributed by atoms with van der Waals surface area (Å²) in [5, 5.41) is 0. The maximum atomic E-state index is 6.00. The molecule has 108 valence electrons. The molecular formula is C16H34OSi. The second kappa shape index (κ2) is 10.8. The Morgan fingerprint density at radius 2 is 1.56 bits per heavy atom. The topological polar surface area (TPSA) is 9.23 Å². The van der Waals surface area contributed by atoms with E-state index in [-0.39, 0.29) is 0 Å². The van der Waals surface area contributed by atoms with E-state index in [0.717, 1.165) is 6.61 Å². The van der Waals surface area contributed by atoms with Crippen LogP contribution >= 0.6 is 0 Å². The van der Waals surface area contributed by atoms with Gasteiger partial charge in [0.1, 0.15) is 0 Å². The van der Waals surface area contributed by atoms with Crippen molar-refractivity contribution in [3.8, 4) is 0 Å². The third kappa shape index (κ3) is 9.90. The summed E-state index contributed by atoms with van der Waals surface area (Å²) in [4.78, 5) is 0. The minimum atomic E-state index is -1.42. The zero-order valence-corrected chi connectivity index (χ0v) is 14.3. The van der Waals surface area contributed by atoms with Gasteiger partial charge in [0.25, 0.3) is 0 Å². The monoisotopic (exact) mass is 270 g/mol. The minimum Gasteiger partial charge on any atom is -0.413 e. The zero-order valence-electron chi connectivity index (χ0n) is 13.3. The van der Waals surface area contributed by atoms with Crippen LogP contribution in [0.25, 0.3) is 0 Å². The van der Waals surface area contributed by atoms with Gasteiger partial charge in [-0.3, -0.25) is 0 Å². The van der Waals surface area contributed by atoms with Crippen LogP contribution in [0.2, 0.25) is 18.6 Å². The van der Waals surface area contributed by atoms with Gasteiger partial charge in [-0.2, -0.15) is 0 Å². The summed E-state index contributed by atoms with van der Waals surface area (Å²) < 4.78 is 6.00. The number of hydrogen-bond donors (Lipinski definition) is 0. The molecule has 0 aliphatic heterocycles. The maximum Gasteiger partial charge on any atom is 0.189 e. The van der Waals surface area contributed by atoms with Gasteiger partial charge in [0.05, 0.1) is 6.61 Å². The van der Waals surface area contributed by atoms with E-state index in [1.54, 1.807) is 0 Å². The normalized spacial score (nSPS) is 12.8. The highest BCUT2D eigenvalue weighted by Gasteiger charge is 2.25. The molecule has 0 aliphatic rings. The first kappa shape index (κ1) is 17.9. The van der Waals surface area contributed by atoms with Crippen molar-refractivity contribution < 1.29 is 4.43 Å². The Hall–Kier alpha value is -0.0831. The largest absolute Gasteiger partial charge is 0.413 e. The molecule has 0 aromatic carbocycles. The van der Waals surface area contributed by atoms with Gasteiger partial charge in [0.2, 0.25) is 0 Å². The highest BCUT2D eigenvalue weighted by molar-refractivity contribution is 6.72. The van der Waals surface area contributed by atoms with Crippen molar-refractivity contribution in [3.05, 3.63) is 12.2 Å². The van der Waals surface area contributed by atoms with Crippen LogP contribution in [0.15, 0.2) is 12.2 Å². The van der Waals surface area contributed by atoms with Crippen LogP contribution in [-0.2, 0) is 4.43 Å². The lowest BCUT2D eigenvalue weighted by Gasteiger charge is -2.26. The molecule has 1 nitrogen and oxygen atoms in total. The molecule has 0 bridgehead atoms. The van der Waals surface area contributed by atoms with Crippen LogP contribution in [0.3, 0.4) is 0 Å². The van der Waals surface area contributed by atoms with Crippen molar-refractivity contribution in [2.75, 3.05) is 6.61 Å². The molecule has 0 unspecified atom stereocenters. The summed E-state index contributed by atoms with van der Waals surface area (Å²) in [6.07, 6.45) is 14.0. The lowest BCUT2D eigenvalue weighted by atomic mass is 10.1. The first-order chi connectivity index (χ1) is 8.50. The molecule has 0 saturated carbocycles. The number of allylic oxidation sites excluding steroid dienone is 1. The molecule has 0 saturated heterocycles. The lowest BCUT2D eigenvalue weighted by Crippen LogP contribution is -2.33. The molecule has 0 rings (SSSR count). The van der Waals surface area contributed by atoms with Crippen molar-refractivity contribution in [1.82, 2.24) is 0 Å². The van der Waals surface area contributed by atoms with Gasteiger partial charge in [-0.15, -0.1) is 0 Å². The smallest absolute Gasteiger partial charge is 0.189 e. The Labute approximate surface area is 116 Å². The van der Waals surface area contributed by atoms with Gasteiger partial charge >= 0.3 is 0 Å². The summed E-state index contributed by atoms with van der Waals surface area (Å²) in [7, 11) is -1.42. The summed E-state index contributed by atoms with van der Waals surface area (Å²) in [5.41, 5.74) is 0.699. The van der Waals surface area contributed by atoms with Gasteiger partial charge in [-0.1, -0.05) is 65.0 Å². The summed E-state index contributed by atoms with van der Waals surface area (Å²) in [6, 6.07) is 0. The Kier molecular flexibility index (Phi) is 10.8. The third-order valence-electron chi connectivity index (χ3n) is 3.83. The maximum absolute atomic E-state index is 6.00. The van der Waals surface area contributed by atoms with E-state index in [1.807, 2.05) is 0 Å². The van der Waals surface area contributed by atoms with E-state index in [4.69, 9.17) is 4.43 Å². The van der Waals surface area contributed by atoms with Crippen molar-refractivity contribution in [1.29, 1.82) is 0 Å². The minimum absolute atomic E-state index is 0.699. The molecule has 2 heteroatoms. The fourth-order valence-corrected chi connectivity index (χ4v) is 2.52. The van der Waals surface area contributed by atoms with Gasteiger partial charge in [0, 0.05) is 0 Å². The van der Waals surface area contributed by atoms with Crippen LogP contribution in [0.1, 0.15) is 65.7 Å². The van der Waals surface area contributed by atoms with Crippen molar-refractivity contribution in [3.63, 3.8) is 0 Å². The Morgan fingerprint density at radius 3 is 2.17 bits per heavy atom. The van der Waals surface area contributed by atoms with Crippen LogP contribution in [0.4, 0.5) is 0 Å². The SMILES string of the molecule is CCCCCCCC/C=C/CO[Si](C)(C)C(C)C. The van der Waals surface area contributed by atoms with Crippen molar-refractivity contribution >= 4 is 8.32 Å². The van der Waals surface area contributed by atoms with E-state index in [0.29, 0.717) is 5.54 Å². The predicted molar refractivity (Wildman–Crippen MR) is 85.7 cm³/mol. The zero-order chi connectivity index (χ0) is 13.9. The van der Waals surface area contributed by atoms with E-state index in [1.165, 1.54) is 44.9 Å². The Bertz CT molecular complexity index is 209. The van der Waals surface area contributed by atoms with E-state index < -0.39 is 8.32 Å². The van der Waals surface area contributed by atoms with Crippen molar-refractivity contribution in [2.24, 2.45) is 0 Å². The highest BCUT2D eigenvalue weighted by atomic mass is 28.4. The molecule has 0 atom stereocenters. The van der Waals surface area contributed by atoms with Crippen LogP contribution in [0.5, 0.6) is 0 Å². The molecule has 0 aliphatic carbocycles. The number of unbranched alkanes of at least 4 members (excludes halogenated alkanes) is 6. The molecule has 0 amide bonds. The van der Waals surface area contributed by atoms with Gasteiger partial charge in [-0.05, 0) is 31.5 Å². The summed E-state index contributed by atoms with van der Waals surface area (Å²) in [5.74, 6) is 0. The average Bonchev–Trinajstić information content (AvgIpc) is 2.31. The fraction of sp³-hybridized carbons (Fsp3) is 0.875. The molecule has 18 heavy (non-hydrogen) atoms. The molecule has 0 aromatic rings. The number of rotatable bonds is 11. The molecule has 0 fully saturated rings. The second-order valence-corrected chi connectivity index (χ2v) is 10.7. The first-order valence-electron chi connectivity index (χ1n) is 7.79. The van der Waals surface area contributed by atoms with E-state index in [2.05, 4.69) is 46.0 Å². The van der Waals surface area contributed by atoms with Gasteiger partial charge in [-0.25, -0.2) is 0 Å². The first-order valence-corrected chi connectivity index (χ1v) is 10.8. The standard InChI is InChI=1S/C16H34OSi/c1-6-7-8-9-10-11-12-13-14-15-17-18(4,5)16(2)3/h13-14,16H,6-12,15H2,1-5H3/b14-13+. The molecule has 0 N–H and O–H groups in total. The van der Waals surface area contributed by atoms with Crippen molar-refractivity contribution in [2.45, 2.75) is 84.4 Å². The second-order valence-electron chi connectivity index (χ2n) is 6.10. The lowest BCUT2D eigenvalue weighted by molar-refractivity contribution is 0.344. The molecule has 0 spiro atoms. The van der Waals surface area contributed by atoms with Gasteiger partial charge in [0.15, 0.2) is 8.32 Å². The number of hydrogen-bond acceptors (Lipinski definition) is 1. The highest BCUT2D eigenvalue weighted by Crippen LogP contribution is 2.21. The fourth-order valence-electron chi connectivity index (χ4n) is 1.66. The van der Waals surface area contributed by atoms with Crippen LogP contribution in [-0.4, -0.2) is 14.9 Å². The third-order valence-corrected chi connectivity index (χ3v) is 7.52. The van der Waals surface area contributed by atoms with E-state index >= 15 is 0 Å². The quantitative estimate of drug-likeness (QED) is 0.257. The summed E-state index contributed by atoms with van der Waals surface area (Å²) in [6.45, 7) is 12.2. The van der Waals surface area contributed by atoms with E-state index in [9.17, 15) is 0 Å². The van der Waals surface area contributed by atoms with Crippen LogP contribution < -0.4 is 0 Å². The molecule has 0 aromatic heterocycles. The average molecular weight is 271 g/mol. The predicted octanol–water partition coefficient (Wildman–Crippen LogP) is 5.92. The molecule has 0 heterocycles. The Balaban J connectivity index is 3.39. The van der Waals surface area contributed by atoms with Gasteiger partial charge < -0.3 is 4.43 Å². The Morgan fingerprint density at radius 1 is 0.944 bits per heavy atom. The van der Waals surface area contributed by atoms with Crippen LogP contribution in [0, 0.1) is 0 Å². The molecule has 0 radical (unpaired) electrons. The molecular weight excluding hydrogens is 236 g/mol.